The highest BCUT2D eigenvalue weighted by Gasteiger charge is 2.59. The summed E-state index contributed by atoms with van der Waals surface area (Å²) in [6.45, 7) is 4.15. The van der Waals surface area contributed by atoms with Crippen LogP contribution in [0.2, 0.25) is 0 Å². The summed E-state index contributed by atoms with van der Waals surface area (Å²) in [4.78, 5) is 0. The van der Waals surface area contributed by atoms with E-state index in [0.717, 1.165) is 18.3 Å². The Labute approximate surface area is 96.6 Å². The largest absolute Gasteiger partial charge is 0.197 e. The van der Waals surface area contributed by atoms with Crippen LogP contribution < -0.4 is 0 Å². The zero-order valence-electron chi connectivity index (χ0n) is 9.45. The molecule has 4 atom stereocenters. The maximum Gasteiger partial charge on any atom is 0.150 e. The topological polar surface area (TPSA) is 47.6 Å². The van der Waals surface area contributed by atoms with Crippen LogP contribution in [0, 0.1) is 51.7 Å². The van der Waals surface area contributed by atoms with E-state index in [1.807, 2.05) is 0 Å². The van der Waals surface area contributed by atoms with Crippen molar-refractivity contribution < 1.29 is 0 Å². The minimum Gasteiger partial charge on any atom is -0.197 e. The molecule has 16 heavy (non-hydrogen) atoms. The van der Waals surface area contributed by atoms with Crippen molar-refractivity contribution in [3.05, 3.63) is 12.2 Å². The standard InChI is InChI=1S/C14H16N2/c1-9-6-14(7-15,8-16)12-5-10-3-2-4-11(10)13(9)12/h10-13H,1-6H2. The first-order valence-corrected chi connectivity index (χ1v) is 6.22. The normalized spacial score (nSPS) is 43.5. The van der Waals surface area contributed by atoms with E-state index >= 15 is 0 Å². The molecule has 0 spiro atoms. The fourth-order valence-electron chi connectivity index (χ4n) is 4.57. The Kier molecular flexibility index (Phi) is 1.93. The van der Waals surface area contributed by atoms with Crippen LogP contribution in [0.5, 0.6) is 0 Å². The molecule has 3 aliphatic carbocycles. The molecular formula is C14H16N2. The van der Waals surface area contributed by atoms with Gasteiger partial charge in [-0.05, 0) is 36.5 Å². The van der Waals surface area contributed by atoms with Crippen molar-refractivity contribution in [2.24, 2.45) is 29.1 Å². The predicted molar refractivity (Wildman–Crippen MR) is 59.8 cm³/mol. The van der Waals surface area contributed by atoms with Crippen molar-refractivity contribution in [2.75, 3.05) is 0 Å². The van der Waals surface area contributed by atoms with Crippen molar-refractivity contribution in [3.63, 3.8) is 0 Å². The molecule has 0 radical (unpaired) electrons. The first kappa shape index (κ1) is 9.91. The lowest BCUT2D eigenvalue weighted by Crippen LogP contribution is -2.23. The fraction of sp³-hybridized carbons (Fsp3) is 0.714. The van der Waals surface area contributed by atoms with Crippen LogP contribution in [-0.4, -0.2) is 0 Å². The quantitative estimate of drug-likeness (QED) is 0.579. The molecule has 3 fully saturated rings. The van der Waals surface area contributed by atoms with Gasteiger partial charge in [0, 0.05) is 6.42 Å². The number of allylic oxidation sites excluding steroid dienone is 1. The van der Waals surface area contributed by atoms with Crippen molar-refractivity contribution in [1.29, 1.82) is 10.5 Å². The van der Waals surface area contributed by atoms with Crippen molar-refractivity contribution >= 4 is 0 Å². The van der Waals surface area contributed by atoms with Crippen LogP contribution in [0.15, 0.2) is 12.2 Å². The summed E-state index contributed by atoms with van der Waals surface area (Å²) in [6, 6.07) is 4.59. The zero-order chi connectivity index (χ0) is 11.3. The third kappa shape index (κ3) is 1.00. The molecule has 0 saturated heterocycles. The van der Waals surface area contributed by atoms with Gasteiger partial charge in [-0.2, -0.15) is 10.5 Å². The molecule has 4 unspecified atom stereocenters. The Morgan fingerprint density at radius 1 is 1.25 bits per heavy atom. The number of rotatable bonds is 0. The molecule has 2 heteroatoms. The molecule has 0 bridgehead atoms. The summed E-state index contributed by atoms with van der Waals surface area (Å²) in [5.74, 6) is 2.27. The number of fused-ring (bicyclic) bond motifs is 3. The Hall–Kier alpha value is -1.28. The first-order chi connectivity index (χ1) is 7.72. The van der Waals surface area contributed by atoms with Gasteiger partial charge in [-0.1, -0.05) is 25.0 Å². The van der Waals surface area contributed by atoms with Crippen LogP contribution in [0.4, 0.5) is 0 Å². The summed E-state index contributed by atoms with van der Waals surface area (Å²) in [7, 11) is 0. The lowest BCUT2D eigenvalue weighted by molar-refractivity contribution is 0.313. The highest BCUT2D eigenvalue weighted by Crippen LogP contribution is 2.63. The second kappa shape index (κ2) is 3.11. The average Bonchev–Trinajstić information content (AvgIpc) is 2.89. The molecular weight excluding hydrogens is 196 g/mol. The van der Waals surface area contributed by atoms with Crippen molar-refractivity contribution in [1.82, 2.24) is 0 Å². The molecule has 3 rings (SSSR count). The Balaban J connectivity index is 2.00. The molecule has 3 aliphatic rings. The Bertz CT molecular complexity index is 409. The lowest BCUT2D eigenvalue weighted by atomic mass is 9.77. The summed E-state index contributed by atoms with van der Waals surface area (Å²) in [6.07, 6.45) is 5.64. The number of nitriles is 2. The molecule has 0 heterocycles. The second-order valence-electron chi connectivity index (χ2n) is 5.75. The third-order valence-corrected chi connectivity index (χ3v) is 5.18. The van der Waals surface area contributed by atoms with E-state index in [2.05, 4.69) is 18.7 Å². The Morgan fingerprint density at radius 3 is 2.69 bits per heavy atom. The van der Waals surface area contributed by atoms with Crippen LogP contribution in [0.3, 0.4) is 0 Å². The number of hydrogen-bond donors (Lipinski definition) is 0. The van der Waals surface area contributed by atoms with Crippen LogP contribution in [-0.2, 0) is 0 Å². The molecule has 0 aromatic carbocycles. The van der Waals surface area contributed by atoms with Gasteiger partial charge in [-0.3, -0.25) is 0 Å². The van der Waals surface area contributed by atoms with E-state index in [1.165, 1.54) is 24.8 Å². The first-order valence-electron chi connectivity index (χ1n) is 6.22. The van der Waals surface area contributed by atoms with E-state index in [1.54, 1.807) is 0 Å². The lowest BCUT2D eigenvalue weighted by Gasteiger charge is -2.20. The zero-order valence-corrected chi connectivity index (χ0v) is 9.45. The minimum atomic E-state index is -0.744. The second-order valence-corrected chi connectivity index (χ2v) is 5.75. The molecule has 0 aromatic heterocycles. The van der Waals surface area contributed by atoms with E-state index in [-0.39, 0.29) is 5.92 Å². The Morgan fingerprint density at radius 2 is 2.00 bits per heavy atom. The van der Waals surface area contributed by atoms with Crippen LogP contribution in [0.25, 0.3) is 0 Å². The maximum atomic E-state index is 9.33. The molecule has 2 nitrogen and oxygen atoms in total. The summed E-state index contributed by atoms with van der Waals surface area (Å²) < 4.78 is 0. The third-order valence-electron chi connectivity index (χ3n) is 5.18. The summed E-state index contributed by atoms with van der Waals surface area (Å²) in [5, 5.41) is 18.7. The number of nitrogens with zero attached hydrogens (tertiary/aromatic N) is 2. The van der Waals surface area contributed by atoms with Gasteiger partial charge in [0.1, 0.15) is 0 Å². The highest BCUT2D eigenvalue weighted by molar-refractivity contribution is 5.33. The van der Waals surface area contributed by atoms with Gasteiger partial charge in [0.2, 0.25) is 0 Å². The van der Waals surface area contributed by atoms with Crippen molar-refractivity contribution in [3.8, 4) is 12.1 Å². The summed E-state index contributed by atoms with van der Waals surface area (Å²) >= 11 is 0. The molecule has 0 amide bonds. The van der Waals surface area contributed by atoms with Gasteiger partial charge in [-0.25, -0.2) is 0 Å². The van der Waals surface area contributed by atoms with Gasteiger partial charge in [-0.15, -0.1) is 0 Å². The smallest absolute Gasteiger partial charge is 0.150 e. The van der Waals surface area contributed by atoms with Gasteiger partial charge in [0.15, 0.2) is 5.41 Å². The van der Waals surface area contributed by atoms with Gasteiger partial charge in [0.25, 0.3) is 0 Å². The van der Waals surface area contributed by atoms with Gasteiger partial charge >= 0.3 is 0 Å². The summed E-state index contributed by atoms with van der Waals surface area (Å²) in [5.41, 5.74) is 0.439. The van der Waals surface area contributed by atoms with E-state index in [4.69, 9.17) is 0 Å². The van der Waals surface area contributed by atoms with Crippen LogP contribution >= 0.6 is 0 Å². The molecule has 0 aromatic rings. The van der Waals surface area contributed by atoms with Crippen molar-refractivity contribution in [2.45, 2.75) is 32.1 Å². The maximum absolute atomic E-state index is 9.33. The molecule has 3 saturated carbocycles. The fourth-order valence-corrected chi connectivity index (χ4v) is 4.57. The molecule has 0 N–H and O–H groups in total. The average molecular weight is 212 g/mol. The van der Waals surface area contributed by atoms with Crippen LogP contribution in [0.1, 0.15) is 32.1 Å². The predicted octanol–water partition coefficient (Wildman–Crippen LogP) is 3.03. The monoisotopic (exact) mass is 212 g/mol. The van der Waals surface area contributed by atoms with E-state index in [0.29, 0.717) is 12.3 Å². The van der Waals surface area contributed by atoms with Gasteiger partial charge < -0.3 is 0 Å². The van der Waals surface area contributed by atoms with Gasteiger partial charge in [0.05, 0.1) is 12.1 Å². The minimum absolute atomic E-state index is 0.283. The highest BCUT2D eigenvalue weighted by atomic mass is 14.6. The van der Waals surface area contributed by atoms with E-state index < -0.39 is 5.41 Å². The SMILES string of the molecule is C=C1CC(C#N)(C#N)C2CC3CCCC3C12. The molecule has 82 valence electrons. The molecule has 0 aliphatic heterocycles. The number of hydrogen-bond acceptors (Lipinski definition) is 2. The van der Waals surface area contributed by atoms with E-state index in [9.17, 15) is 10.5 Å².